The Morgan fingerprint density at radius 2 is 1.76 bits per heavy atom. The van der Waals surface area contributed by atoms with E-state index in [-0.39, 0.29) is 20.7 Å². The van der Waals surface area contributed by atoms with E-state index in [1.165, 1.54) is 17.8 Å². The molecule has 0 spiro atoms. The molecule has 5 nitrogen and oxygen atoms in total. The Morgan fingerprint density at radius 3 is 2.40 bits per heavy atom. The largest absolute Gasteiger partial charge is 0.477 e. The van der Waals surface area contributed by atoms with Crippen LogP contribution in [0.2, 0.25) is 0 Å². The molecule has 25 heavy (non-hydrogen) atoms. The molecule has 1 heterocycles. The smallest absolute Gasteiger partial charge is 0.344 e. The van der Waals surface area contributed by atoms with Gasteiger partial charge in [-0.3, -0.25) is 4.72 Å². The van der Waals surface area contributed by atoms with Crippen molar-refractivity contribution in [1.29, 1.82) is 0 Å². The predicted octanol–water partition coefficient (Wildman–Crippen LogP) is 3.45. The van der Waals surface area contributed by atoms with Gasteiger partial charge in [-0.05, 0) is 24.1 Å². The first kappa shape index (κ1) is 17.6. The van der Waals surface area contributed by atoms with Crippen molar-refractivity contribution in [3.8, 4) is 0 Å². The van der Waals surface area contributed by atoms with E-state index in [4.69, 9.17) is 0 Å². The van der Waals surface area contributed by atoms with Crippen LogP contribution in [0.5, 0.6) is 0 Å². The molecule has 1 atom stereocenters. The van der Waals surface area contributed by atoms with Crippen LogP contribution in [-0.2, 0) is 14.8 Å². The Labute approximate surface area is 150 Å². The molecule has 0 aliphatic carbocycles. The van der Waals surface area contributed by atoms with Crippen molar-refractivity contribution in [2.75, 3.05) is 0 Å². The third-order valence-corrected chi connectivity index (χ3v) is 6.86. The summed E-state index contributed by atoms with van der Waals surface area (Å²) in [6, 6.07) is 16.1. The molecule has 130 valence electrons. The Balaban J connectivity index is 1.90. The van der Waals surface area contributed by atoms with E-state index in [2.05, 4.69) is 4.72 Å². The van der Waals surface area contributed by atoms with Gasteiger partial charge in [0.2, 0.25) is 0 Å². The number of rotatable bonds is 5. The number of benzene rings is 2. The molecular weight excluding hydrogens is 358 g/mol. The van der Waals surface area contributed by atoms with Crippen LogP contribution < -0.4 is 4.72 Å². The first-order valence-corrected chi connectivity index (χ1v) is 10.0. The van der Waals surface area contributed by atoms with Gasteiger partial charge in [0.15, 0.2) is 0 Å². The molecule has 1 aliphatic heterocycles. The van der Waals surface area contributed by atoms with Crippen molar-refractivity contribution in [1.82, 2.24) is 4.72 Å². The topological polar surface area (TPSA) is 83.5 Å². The molecule has 1 aliphatic rings. The van der Waals surface area contributed by atoms with Crippen LogP contribution in [0, 0.1) is 6.92 Å². The molecule has 0 bridgehead atoms. The highest BCUT2D eigenvalue weighted by molar-refractivity contribution is 8.04. The molecule has 2 N–H and O–H groups in total. The summed E-state index contributed by atoms with van der Waals surface area (Å²) in [5, 5.41) is 9.33. The van der Waals surface area contributed by atoms with Crippen molar-refractivity contribution in [3.05, 3.63) is 76.3 Å². The van der Waals surface area contributed by atoms with E-state index in [9.17, 15) is 18.3 Å². The number of hydrogen-bond acceptors (Lipinski definition) is 4. The van der Waals surface area contributed by atoms with Gasteiger partial charge in [0, 0.05) is 17.4 Å². The Hall–Kier alpha value is -2.25. The van der Waals surface area contributed by atoms with Gasteiger partial charge in [0.25, 0.3) is 10.0 Å². The second-order valence-electron chi connectivity index (χ2n) is 5.71. The number of nitrogens with one attached hydrogen (secondary N) is 1. The van der Waals surface area contributed by atoms with Crippen molar-refractivity contribution in [2.45, 2.75) is 23.5 Å². The quantitative estimate of drug-likeness (QED) is 0.836. The van der Waals surface area contributed by atoms with Gasteiger partial charge in [-0.15, -0.1) is 11.8 Å². The number of allylic oxidation sites excluding steroid dienone is 1. The van der Waals surface area contributed by atoms with Gasteiger partial charge >= 0.3 is 5.97 Å². The van der Waals surface area contributed by atoms with Crippen molar-refractivity contribution < 1.29 is 18.3 Å². The summed E-state index contributed by atoms with van der Waals surface area (Å²) in [5.41, 5.74) is 1.81. The number of aryl methyl sites for hydroxylation is 1. The standard InChI is InChI=1S/C18H17NO4S2/c1-12-7-5-6-10-16(12)25(22,23)19-14-11-15(24-17(14)18(20)21)13-8-3-2-4-9-13/h2-10,15,19H,11H2,1H3,(H,20,21). The van der Waals surface area contributed by atoms with Crippen LogP contribution in [0.1, 0.15) is 22.8 Å². The fourth-order valence-electron chi connectivity index (χ4n) is 2.73. The van der Waals surface area contributed by atoms with E-state index in [1.54, 1.807) is 25.1 Å². The molecule has 0 saturated heterocycles. The predicted molar refractivity (Wildman–Crippen MR) is 97.6 cm³/mol. The van der Waals surface area contributed by atoms with E-state index in [0.29, 0.717) is 12.0 Å². The zero-order chi connectivity index (χ0) is 18.0. The highest BCUT2D eigenvalue weighted by Crippen LogP contribution is 2.47. The Morgan fingerprint density at radius 1 is 1.12 bits per heavy atom. The normalized spacial score (nSPS) is 17.6. The Bertz CT molecular complexity index is 937. The molecule has 0 aromatic heterocycles. The van der Waals surface area contributed by atoms with Crippen molar-refractivity contribution in [2.24, 2.45) is 0 Å². The molecule has 3 rings (SSSR count). The SMILES string of the molecule is Cc1ccccc1S(=O)(=O)NC1=C(C(=O)O)SC(c2ccccc2)C1. The van der Waals surface area contributed by atoms with Crippen LogP contribution in [0.25, 0.3) is 0 Å². The van der Waals surface area contributed by atoms with Gasteiger partial charge in [-0.2, -0.15) is 0 Å². The molecule has 0 fully saturated rings. The number of hydrogen-bond donors (Lipinski definition) is 2. The van der Waals surface area contributed by atoms with E-state index in [1.807, 2.05) is 30.3 Å². The number of thioether (sulfide) groups is 1. The summed E-state index contributed by atoms with van der Waals surface area (Å²) in [6.45, 7) is 1.71. The lowest BCUT2D eigenvalue weighted by Gasteiger charge is -2.12. The summed E-state index contributed by atoms with van der Waals surface area (Å²) in [4.78, 5) is 11.8. The van der Waals surface area contributed by atoms with Crippen LogP contribution in [0.15, 0.2) is 70.1 Å². The summed E-state index contributed by atoms with van der Waals surface area (Å²) < 4.78 is 27.8. The van der Waals surface area contributed by atoms with Crippen LogP contribution >= 0.6 is 11.8 Å². The highest BCUT2D eigenvalue weighted by Gasteiger charge is 2.33. The second-order valence-corrected chi connectivity index (χ2v) is 8.57. The number of aliphatic carboxylic acids is 1. The zero-order valence-electron chi connectivity index (χ0n) is 13.5. The Kier molecular flexibility index (Phi) is 4.87. The maximum atomic E-state index is 12.7. The van der Waals surface area contributed by atoms with Gasteiger partial charge in [0.1, 0.15) is 4.91 Å². The fraction of sp³-hybridized carbons (Fsp3) is 0.167. The molecule has 0 radical (unpaired) electrons. The van der Waals surface area contributed by atoms with Crippen molar-refractivity contribution >= 4 is 27.8 Å². The van der Waals surface area contributed by atoms with Crippen LogP contribution in [0.4, 0.5) is 0 Å². The minimum Gasteiger partial charge on any atom is -0.477 e. The molecule has 2 aromatic carbocycles. The minimum absolute atomic E-state index is 0.0472. The van der Waals surface area contributed by atoms with Gasteiger partial charge in [-0.25, -0.2) is 13.2 Å². The molecule has 7 heteroatoms. The van der Waals surface area contributed by atoms with Crippen LogP contribution in [0.3, 0.4) is 0 Å². The minimum atomic E-state index is -3.83. The summed E-state index contributed by atoms with van der Waals surface area (Å²) in [5.74, 6) is -1.12. The maximum absolute atomic E-state index is 12.7. The summed E-state index contributed by atoms with van der Waals surface area (Å²) in [7, 11) is -3.83. The lowest BCUT2D eigenvalue weighted by molar-refractivity contribution is -0.131. The highest BCUT2D eigenvalue weighted by atomic mass is 32.2. The van der Waals surface area contributed by atoms with E-state index in [0.717, 1.165) is 5.56 Å². The third-order valence-electron chi connectivity index (χ3n) is 3.93. The number of carbonyl (C=O) groups is 1. The zero-order valence-corrected chi connectivity index (χ0v) is 15.1. The van der Waals surface area contributed by atoms with Crippen LogP contribution in [-0.4, -0.2) is 19.5 Å². The lowest BCUT2D eigenvalue weighted by Crippen LogP contribution is -2.25. The first-order valence-electron chi connectivity index (χ1n) is 7.65. The molecular formula is C18H17NO4S2. The average molecular weight is 375 g/mol. The number of carboxylic acids is 1. The number of sulfonamides is 1. The number of carboxylic acid groups (broad SMARTS) is 1. The van der Waals surface area contributed by atoms with E-state index >= 15 is 0 Å². The first-order chi connectivity index (χ1) is 11.9. The molecule has 0 saturated carbocycles. The summed E-state index contributed by atoms with van der Waals surface area (Å²) in [6.07, 6.45) is 0.321. The summed E-state index contributed by atoms with van der Waals surface area (Å²) >= 11 is 1.17. The van der Waals surface area contributed by atoms with Gasteiger partial charge < -0.3 is 5.11 Å². The molecule has 2 aromatic rings. The van der Waals surface area contributed by atoms with Crippen molar-refractivity contribution in [3.63, 3.8) is 0 Å². The maximum Gasteiger partial charge on any atom is 0.344 e. The fourth-order valence-corrected chi connectivity index (χ4v) is 5.37. The average Bonchev–Trinajstić information content (AvgIpc) is 2.99. The third kappa shape index (κ3) is 3.72. The van der Waals surface area contributed by atoms with Gasteiger partial charge in [-0.1, -0.05) is 48.5 Å². The molecule has 0 amide bonds. The lowest BCUT2D eigenvalue weighted by atomic mass is 10.1. The van der Waals surface area contributed by atoms with E-state index < -0.39 is 16.0 Å². The monoisotopic (exact) mass is 375 g/mol. The second kappa shape index (κ2) is 6.93. The van der Waals surface area contributed by atoms with Gasteiger partial charge in [0.05, 0.1) is 4.90 Å². The molecule has 1 unspecified atom stereocenters.